The molecule has 0 fully saturated rings. The number of rotatable bonds is 7. The molecule has 0 saturated heterocycles. The Kier molecular flexibility index (Phi) is 8.76. The minimum absolute atomic E-state index is 0.0405. The van der Waals surface area contributed by atoms with Gasteiger partial charge in [0.2, 0.25) is 0 Å². The molecular formula is C56H44N2. The molecule has 278 valence electrons. The van der Waals surface area contributed by atoms with Gasteiger partial charge in [-0.3, -0.25) is 0 Å². The molecule has 0 aliphatic carbocycles. The summed E-state index contributed by atoms with van der Waals surface area (Å²) in [6.45, 7) is 6.83. The van der Waals surface area contributed by atoms with Crippen LogP contribution in [0.25, 0.3) is 71.6 Å². The van der Waals surface area contributed by atoms with E-state index in [1.165, 1.54) is 66.0 Å². The summed E-state index contributed by atoms with van der Waals surface area (Å²) in [5.74, 6) is 0. The maximum Gasteiger partial charge on any atom is 0.0547 e. The van der Waals surface area contributed by atoms with E-state index in [2.05, 4.69) is 243 Å². The Bertz CT molecular complexity index is 3070. The van der Waals surface area contributed by atoms with E-state index in [-0.39, 0.29) is 5.41 Å². The first-order chi connectivity index (χ1) is 28.4. The van der Waals surface area contributed by atoms with Crippen molar-refractivity contribution in [2.24, 2.45) is 0 Å². The van der Waals surface area contributed by atoms with Crippen molar-refractivity contribution in [2.45, 2.75) is 26.2 Å². The van der Waals surface area contributed by atoms with Gasteiger partial charge in [0.25, 0.3) is 0 Å². The van der Waals surface area contributed by atoms with E-state index >= 15 is 0 Å². The Balaban J connectivity index is 1.17. The predicted molar refractivity (Wildman–Crippen MR) is 248 cm³/mol. The first-order valence-electron chi connectivity index (χ1n) is 20.2. The molecule has 0 spiro atoms. The summed E-state index contributed by atoms with van der Waals surface area (Å²) in [6, 6.07) is 77.5. The van der Waals surface area contributed by atoms with Crippen molar-refractivity contribution >= 4 is 49.6 Å². The lowest BCUT2D eigenvalue weighted by molar-refractivity contribution is 0.590. The van der Waals surface area contributed by atoms with Crippen molar-refractivity contribution in [3.63, 3.8) is 0 Å². The second-order valence-corrected chi connectivity index (χ2v) is 16.2. The van der Waals surface area contributed by atoms with Gasteiger partial charge in [0.1, 0.15) is 0 Å². The van der Waals surface area contributed by atoms with Gasteiger partial charge >= 0.3 is 0 Å². The second kappa shape index (κ2) is 14.4. The molecule has 58 heavy (non-hydrogen) atoms. The fourth-order valence-corrected chi connectivity index (χ4v) is 8.69. The quantitative estimate of drug-likeness (QED) is 0.158. The second-order valence-electron chi connectivity index (χ2n) is 16.2. The van der Waals surface area contributed by atoms with Gasteiger partial charge in [-0.05, 0) is 104 Å². The molecule has 1 aromatic heterocycles. The van der Waals surface area contributed by atoms with Crippen LogP contribution in [-0.2, 0) is 5.41 Å². The van der Waals surface area contributed by atoms with Crippen LogP contribution in [0.3, 0.4) is 0 Å². The van der Waals surface area contributed by atoms with Gasteiger partial charge in [0.15, 0.2) is 0 Å². The van der Waals surface area contributed by atoms with Crippen molar-refractivity contribution in [3.05, 3.63) is 218 Å². The van der Waals surface area contributed by atoms with E-state index in [4.69, 9.17) is 0 Å². The van der Waals surface area contributed by atoms with Crippen LogP contribution in [-0.4, -0.2) is 4.57 Å². The van der Waals surface area contributed by atoms with Crippen LogP contribution in [0, 0.1) is 0 Å². The molecule has 10 rings (SSSR count). The Labute approximate surface area is 340 Å². The average Bonchev–Trinajstić information content (AvgIpc) is 3.60. The maximum atomic E-state index is 2.44. The monoisotopic (exact) mass is 744 g/mol. The van der Waals surface area contributed by atoms with Crippen LogP contribution in [0.2, 0.25) is 0 Å². The van der Waals surface area contributed by atoms with E-state index in [9.17, 15) is 0 Å². The lowest BCUT2D eigenvalue weighted by Gasteiger charge is -2.29. The lowest BCUT2D eigenvalue weighted by Crippen LogP contribution is -2.14. The van der Waals surface area contributed by atoms with Gasteiger partial charge in [-0.1, -0.05) is 178 Å². The lowest BCUT2D eigenvalue weighted by atomic mass is 9.87. The summed E-state index contributed by atoms with van der Waals surface area (Å²) >= 11 is 0. The molecule has 2 heteroatoms. The van der Waals surface area contributed by atoms with Gasteiger partial charge < -0.3 is 9.47 Å². The zero-order valence-corrected chi connectivity index (χ0v) is 33.1. The Morgan fingerprint density at radius 3 is 1.78 bits per heavy atom. The van der Waals surface area contributed by atoms with Crippen molar-refractivity contribution in [1.29, 1.82) is 0 Å². The standard InChI is InChI=1S/C56H44N2/c1-56(2,3)43-32-34-45(35-33-43)57(52-29-12-11-26-49(52)51-28-16-20-40-19-15-27-47(55(40)51)39-17-6-4-7-18-39)46-24-14-21-41(37-46)42-31-36-50-48-25-10-13-30-53(48)58(54(50)38-42)44-22-8-5-9-23-44/h4-38H,1-3H3. The highest BCUT2D eigenvalue weighted by atomic mass is 15.1. The largest absolute Gasteiger partial charge is 0.310 e. The fraction of sp³-hybridized carbons (Fsp3) is 0.0714. The minimum Gasteiger partial charge on any atom is -0.310 e. The first kappa shape index (κ1) is 35.3. The van der Waals surface area contributed by atoms with Gasteiger partial charge in [-0.15, -0.1) is 0 Å². The highest BCUT2D eigenvalue weighted by molar-refractivity contribution is 6.11. The highest BCUT2D eigenvalue weighted by Gasteiger charge is 2.22. The molecule has 0 amide bonds. The molecule has 0 saturated carbocycles. The third kappa shape index (κ3) is 6.24. The number of anilines is 3. The van der Waals surface area contributed by atoms with Crippen LogP contribution in [0.4, 0.5) is 17.1 Å². The molecule has 0 bridgehead atoms. The molecular weight excluding hydrogens is 701 g/mol. The molecule has 0 aliphatic heterocycles. The van der Waals surface area contributed by atoms with Gasteiger partial charge in [0, 0.05) is 33.4 Å². The normalized spacial score (nSPS) is 11.7. The summed E-state index contributed by atoms with van der Waals surface area (Å²) in [5.41, 5.74) is 15.4. The third-order valence-corrected chi connectivity index (χ3v) is 11.5. The molecule has 0 radical (unpaired) electrons. The number of para-hydroxylation sites is 3. The molecule has 0 atom stereocenters. The highest BCUT2D eigenvalue weighted by Crippen LogP contribution is 2.46. The zero-order chi connectivity index (χ0) is 39.2. The number of nitrogens with zero attached hydrogens (tertiary/aromatic N) is 2. The molecule has 10 aromatic rings. The Morgan fingerprint density at radius 2 is 1.00 bits per heavy atom. The summed E-state index contributed by atoms with van der Waals surface area (Å²) in [5, 5.41) is 4.98. The van der Waals surface area contributed by atoms with E-state index in [0.29, 0.717) is 0 Å². The van der Waals surface area contributed by atoms with Gasteiger partial charge in [0.05, 0.1) is 16.7 Å². The summed E-state index contributed by atoms with van der Waals surface area (Å²) in [4.78, 5) is 2.44. The van der Waals surface area contributed by atoms with Crippen LogP contribution in [0.5, 0.6) is 0 Å². The first-order valence-corrected chi connectivity index (χ1v) is 20.2. The van der Waals surface area contributed by atoms with Crippen LogP contribution in [0.15, 0.2) is 212 Å². The molecule has 0 aliphatic rings. The maximum absolute atomic E-state index is 2.44. The number of fused-ring (bicyclic) bond motifs is 4. The molecule has 9 aromatic carbocycles. The van der Waals surface area contributed by atoms with Gasteiger partial charge in [-0.25, -0.2) is 0 Å². The average molecular weight is 745 g/mol. The fourth-order valence-electron chi connectivity index (χ4n) is 8.69. The van der Waals surface area contributed by atoms with E-state index in [0.717, 1.165) is 28.3 Å². The van der Waals surface area contributed by atoms with Crippen molar-refractivity contribution in [2.75, 3.05) is 4.90 Å². The number of benzene rings is 9. The third-order valence-electron chi connectivity index (χ3n) is 11.5. The summed E-state index contributed by atoms with van der Waals surface area (Å²) in [6.07, 6.45) is 0. The Morgan fingerprint density at radius 1 is 0.397 bits per heavy atom. The summed E-state index contributed by atoms with van der Waals surface area (Å²) in [7, 11) is 0. The van der Waals surface area contributed by atoms with Crippen LogP contribution >= 0.6 is 0 Å². The number of hydrogen-bond donors (Lipinski definition) is 0. The van der Waals surface area contributed by atoms with E-state index in [1.807, 2.05) is 0 Å². The molecule has 0 unspecified atom stereocenters. The van der Waals surface area contributed by atoms with E-state index in [1.54, 1.807) is 0 Å². The predicted octanol–water partition coefficient (Wildman–Crippen LogP) is 15.7. The molecule has 2 nitrogen and oxygen atoms in total. The van der Waals surface area contributed by atoms with Crippen molar-refractivity contribution in [1.82, 2.24) is 4.57 Å². The minimum atomic E-state index is 0.0405. The summed E-state index contributed by atoms with van der Waals surface area (Å²) < 4.78 is 2.39. The SMILES string of the molecule is CC(C)(C)c1ccc(N(c2cccc(-c3ccc4c5ccccc5n(-c5ccccc5)c4c3)c2)c2ccccc2-c2cccc3cccc(-c4ccccc4)c23)cc1. The van der Waals surface area contributed by atoms with Gasteiger partial charge in [-0.2, -0.15) is 0 Å². The molecule has 1 heterocycles. The van der Waals surface area contributed by atoms with Crippen molar-refractivity contribution in [3.8, 4) is 39.1 Å². The smallest absolute Gasteiger partial charge is 0.0547 e. The van der Waals surface area contributed by atoms with Crippen LogP contribution < -0.4 is 4.90 Å². The molecule has 0 N–H and O–H groups in total. The van der Waals surface area contributed by atoms with E-state index < -0.39 is 0 Å². The number of hydrogen-bond acceptors (Lipinski definition) is 1. The zero-order valence-electron chi connectivity index (χ0n) is 33.1. The van der Waals surface area contributed by atoms with Crippen LogP contribution in [0.1, 0.15) is 26.3 Å². The Hall–Kier alpha value is -7.16. The topological polar surface area (TPSA) is 8.17 Å². The van der Waals surface area contributed by atoms with Crippen molar-refractivity contribution < 1.29 is 0 Å². The number of aromatic nitrogens is 1.